The van der Waals surface area contributed by atoms with E-state index in [4.69, 9.17) is 10.00 Å². The molecule has 0 aliphatic heterocycles. The van der Waals surface area contributed by atoms with Gasteiger partial charge in [-0.05, 0) is 31.6 Å². The molecule has 1 aromatic heterocycles. The molecule has 0 saturated heterocycles. The summed E-state index contributed by atoms with van der Waals surface area (Å²) < 4.78 is 6.07. The molecule has 0 bridgehead atoms. The van der Waals surface area contributed by atoms with Crippen LogP contribution in [0.2, 0.25) is 0 Å². The highest BCUT2D eigenvalue weighted by molar-refractivity contribution is 7.23. The van der Waals surface area contributed by atoms with Crippen molar-refractivity contribution >= 4 is 35.1 Å². The number of hydrogen-bond donors (Lipinski definition) is 1. The standard InChI is InChI=1S/C10H13BN2O2S/c1-10(2,3)15-9(14)13-8-6(5-12)4-7(11)16-8/h4H,11H2,1-3H3,(H,13,14). The van der Waals surface area contributed by atoms with Crippen molar-refractivity contribution in [2.45, 2.75) is 26.4 Å². The Balaban J connectivity index is 2.74. The van der Waals surface area contributed by atoms with Crippen molar-refractivity contribution in [3.8, 4) is 6.07 Å². The number of ether oxygens (including phenoxy) is 1. The van der Waals surface area contributed by atoms with Crippen LogP contribution in [0.1, 0.15) is 26.3 Å². The molecule has 0 aliphatic rings. The summed E-state index contributed by atoms with van der Waals surface area (Å²) in [4.78, 5) is 11.5. The number of rotatable bonds is 1. The first kappa shape index (κ1) is 12.6. The molecule has 0 unspecified atom stereocenters. The number of carbonyl (C=O) groups excluding carboxylic acids is 1. The summed E-state index contributed by atoms with van der Waals surface area (Å²) in [5.74, 6) is 0. The second-order valence-electron chi connectivity index (χ2n) is 4.34. The fourth-order valence-corrected chi connectivity index (χ4v) is 1.93. The van der Waals surface area contributed by atoms with Gasteiger partial charge in [0.1, 0.15) is 16.7 Å². The van der Waals surface area contributed by atoms with Gasteiger partial charge in [0.15, 0.2) is 7.85 Å². The van der Waals surface area contributed by atoms with Crippen LogP contribution < -0.4 is 10.1 Å². The maximum absolute atomic E-state index is 11.5. The molecule has 0 atom stereocenters. The number of nitrogens with one attached hydrogen (secondary N) is 1. The average Bonchev–Trinajstić information content (AvgIpc) is 2.42. The highest BCUT2D eigenvalue weighted by Crippen LogP contribution is 2.20. The third-order valence-corrected chi connectivity index (χ3v) is 2.56. The lowest BCUT2D eigenvalue weighted by atomic mass is 10.1. The molecule has 1 rings (SSSR count). The van der Waals surface area contributed by atoms with Gasteiger partial charge in [0.25, 0.3) is 0 Å². The minimum Gasteiger partial charge on any atom is -0.444 e. The van der Waals surface area contributed by atoms with Gasteiger partial charge >= 0.3 is 6.09 Å². The minimum absolute atomic E-state index is 0.466. The first-order chi connectivity index (χ1) is 7.31. The van der Waals surface area contributed by atoms with E-state index in [1.807, 2.05) is 13.9 Å². The fourth-order valence-electron chi connectivity index (χ4n) is 1.09. The number of hydrogen-bond acceptors (Lipinski definition) is 4. The Kier molecular flexibility index (Phi) is 3.60. The summed E-state index contributed by atoms with van der Waals surface area (Å²) in [5, 5.41) is 12.0. The van der Waals surface area contributed by atoms with Crippen molar-refractivity contribution in [3.63, 3.8) is 0 Å². The molecule has 1 N–H and O–H groups in total. The summed E-state index contributed by atoms with van der Waals surface area (Å²) in [6, 6.07) is 3.76. The molecule has 0 aromatic carbocycles. The monoisotopic (exact) mass is 236 g/mol. The van der Waals surface area contributed by atoms with Crippen molar-refractivity contribution < 1.29 is 9.53 Å². The molecular weight excluding hydrogens is 223 g/mol. The molecule has 0 spiro atoms. The van der Waals surface area contributed by atoms with E-state index in [2.05, 4.69) is 5.32 Å². The van der Waals surface area contributed by atoms with Crippen LogP contribution in [-0.4, -0.2) is 19.5 Å². The zero-order valence-electron chi connectivity index (χ0n) is 9.75. The molecule has 1 heterocycles. The first-order valence-electron chi connectivity index (χ1n) is 4.82. The van der Waals surface area contributed by atoms with Crippen LogP contribution in [0, 0.1) is 11.3 Å². The fraction of sp³-hybridized carbons (Fsp3) is 0.400. The topological polar surface area (TPSA) is 62.1 Å². The molecule has 0 saturated carbocycles. The molecule has 1 amide bonds. The first-order valence-corrected chi connectivity index (χ1v) is 5.64. The van der Waals surface area contributed by atoms with E-state index in [1.165, 1.54) is 11.3 Å². The van der Waals surface area contributed by atoms with Crippen molar-refractivity contribution in [2.75, 3.05) is 5.32 Å². The molecule has 84 valence electrons. The van der Waals surface area contributed by atoms with Gasteiger partial charge in [-0.15, -0.1) is 11.3 Å². The highest BCUT2D eigenvalue weighted by Gasteiger charge is 2.18. The van der Waals surface area contributed by atoms with Crippen LogP contribution in [0.25, 0.3) is 0 Å². The van der Waals surface area contributed by atoms with Crippen molar-refractivity contribution in [2.24, 2.45) is 0 Å². The Morgan fingerprint density at radius 2 is 2.25 bits per heavy atom. The second kappa shape index (κ2) is 4.58. The Labute approximate surface area is 99.6 Å². The number of nitrogens with zero attached hydrogens (tertiary/aromatic N) is 1. The summed E-state index contributed by atoms with van der Waals surface area (Å²) in [5.41, 5.74) is -0.0724. The van der Waals surface area contributed by atoms with Gasteiger partial charge < -0.3 is 4.74 Å². The molecule has 1 aromatic rings. The number of carbonyl (C=O) groups is 1. The van der Waals surface area contributed by atoms with E-state index in [1.54, 1.807) is 26.8 Å². The van der Waals surface area contributed by atoms with Crippen LogP contribution in [0.15, 0.2) is 6.07 Å². The molecule has 16 heavy (non-hydrogen) atoms. The molecule has 6 heteroatoms. The lowest BCUT2D eigenvalue weighted by Crippen LogP contribution is -2.27. The Hall–Kier alpha value is -1.48. The number of nitriles is 1. The Morgan fingerprint density at radius 3 is 2.75 bits per heavy atom. The van der Waals surface area contributed by atoms with Gasteiger partial charge in [0.05, 0.1) is 5.56 Å². The van der Waals surface area contributed by atoms with E-state index in [9.17, 15) is 4.79 Å². The van der Waals surface area contributed by atoms with Gasteiger partial charge in [0.2, 0.25) is 0 Å². The number of anilines is 1. The largest absolute Gasteiger partial charge is 0.444 e. The molecule has 4 nitrogen and oxygen atoms in total. The van der Waals surface area contributed by atoms with Gasteiger partial charge in [-0.25, -0.2) is 4.79 Å². The maximum atomic E-state index is 11.5. The molecule has 0 aliphatic carbocycles. The predicted octanol–water partition coefficient (Wildman–Crippen LogP) is 1.23. The maximum Gasteiger partial charge on any atom is 0.412 e. The molecule has 0 fully saturated rings. The summed E-state index contributed by atoms with van der Waals surface area (Å²) >= 11 is 1.36. The van der Waals surface area contributed by atoms with Crippen LogP contribution in [0.5, 0.6) is 0 Å². The molecule has 0 radical (unpaired) electrons. The van der Waals surface area contributed by atoms with Gasteiger partial charge in [-0.1, -0.05) is 0 Å². The summed E-state index contributed by atoms with van der Waals surface area (Å²) in [7, 11) is 1.88. The van der Waals surface area contributed by atoms with E-state index in [-0.39, 0.29) is 0 Å². The average molecular weight is 236 g/mol. The number of thiophene rings is 1. The third-order valence-electron chi connectivity index (χ3n) is 1.59. The SMILES string of the molecule is Bc1cc(C#N)c(NC(=O)OC(C)(C)C)s1. The van der Waals surface area contributed by atoms with Crippen molar-refractivity contribution in [1.82, 2.24) is 0 Å². The Bertz CT molecular complexity index is 443. The van der Waals surface area contributed by atoms with Crippen LogP contribution in [-0.2, 0) is 4.74 Å². The van der Waals surface area contributed by atoms with Gasteiger partial charge in [0, 0.05) is 0 Å². The van der Waals surface area contributed by atoms with Gasteiger partial charge in [-0.3, -0.25) is 5.32 Å². The van der Waals surface area contributed by atoms with Crippen LogP contribution in [0.4, 0.5) is 9.80 Å². The van der Waals surface area contributed by atoms with E-state index >= 15 is 0 Å². The van der Waals surface area contributed by atoms with E-state index < -0.39 is 11.7 Å². The normalized spacial score (nSPS) is 10.6. The smallest absolute Gasteiger partial charge is 0.412 e. The van der Waals surface area contributed by atoms with Crippen molar-refractivity contribution in [1.29, 1.82) is 5.26 Å². The summed E-state index contributed by atoms with van der Waals surface area (Å²) in [6.07, 6.45) is -0.536. The van der Waals surface area contributed by atoms with Crippen LogP contribution in [0.3, 0.4) is 0 Å². The minimum atomic E-state index is -0.538. The second-order valence-corrected chi connectivity index (χ2v) is 5.59. The van der Waals surface area contributed by atoms with E-state index in [0.717, 1.165) is 4.78 Å². The highest BCUT2D eigenvalue weighted by atomic mass is 32.1. The Morgan fingerprint density at radius 1 is 1.62 bits per heavy atom. The lowest BCUT2D eigenvalue weighted by molar-refractivity contribution is 0.0636. The van der Waals surface area contributed by atoms with Gasteiger partial charge in [-0.2, -0.15) is 5.26 Å². The zero-order valence-corrected chi connectivity index (χ0v) is 10.6. The number of amides is 1. The predicted molar refractivity (Wildman–Crippen MR) is 67.1 cm³/mol. The molecular formula is C10H13BN2O2S. The lowest BCUT2D eigenvalue weighted by Gasteiger charge is -2.19. The van der Waals surface area contributed by atoms with Crippen LogP contribution >= 0.6 is 11.3 Å². The third kappa shape index (κ3) is 3.59. The zero-order chi connectivity index (χ0) is 12.3. The van der Waals surface area contributed by atoms with Crippen molar-refractivity contribution in [3.05, 3.63) is 11.6 Å². The van der Waals surface area contributed by atoms with E-state index in [0.29, 0.717) is 10.6 Å². The summed E-state index contributed by atoms with van der Waals surface area (Å²) in [6.45, 7) is 5.37. The quantitative estimate of drug-likeness (QED) is 0.746.